The lowest BCUT2D eigenvalue weighted by molar-refractivity contribution is -0.146. The maximum atomic E-state index is 13.8. The fourth-order valence-corrected chi connectivity index (χ4v) is 7.04. The molecule has 15 heteroatoms. The van der Waals surface area contributed by atoms with Crippen LogP contribution in [0.5, 0.6) is 0 Å². The van der Waals surface area contributed by atoms with Crippen LogP contribution in [0.4, 0.5) is 0 Å². The summed E-state index contributed by atoms with van der Waals surface area (Å²) in [6.07, 6.45) is 0.598. The van der Waals surface area contributed by atoms with Crippen LogP contribution in [0.15, 0.2) is 66.7 Å². The Bertz CT molecular complexity index is 2020. The van der Waals surface area contributed by atoms with Gasteiger partial charge in [-0.15, -0.1) is 0 Å². The Morgan fingerprint density at radius 3 is 2.07 bits per heavy atom. The number of rotatable bonds is 20. The number of likely N-dealkylation sites (N-methyl/N-ethyl adjacent to an activating group) is 1. The first-order valence-corrected chi connectivity index (χ1v) is 19.6. The third-order valence-electron chi connectivity index (χ3n) is 10.8. The molecule has 6 atom stereocenters. The first-order chi connectivity index (χ1) is 27.5. The first kappa shape index (κ1) is 44.6. The van der Waals surface area contributed by atoms with Crippen LogP contribution in [-0.4, -0.2) is 106 Å². The van der Waals surface area contributed by atoms with Crippen LogP contribution in [0.3, 0.4) is 0 Å². The minimum atomic E-state index is -1.58. The Morgan fingerprint density at radius 1 is 0.845 bits per heavy atom. The Morgan fingerprint density at radius 2 is 1.47 bits per heavy atom. The summed E-state index contributed by atoms with van der Waals surface area (Å²) in [5.74, 6) is -6.06. The van der Waals surface area contributed by atoms with Gasteiger partial charge >= 0.3 is 5.97 Å². The topological polar surface area (TPSA) is 225 Å². The van der Waals surface area contributed by atoms with Gasteiger partial charge in [0.1, 0.15) is 24.2 Å². The van der Waals surface area contributed by atoms with E-state index in [2.05, 4.69) is 16.0 Å². The Balaban J connectivity index is 1.35. The van der Waals surface area contributed by atoms with Crippen molar-refractivity contribution >= 4 is 58.0 Å². The van der Waals surface area contributed by atoms with E-state index < -0.39 is 84.5 Å². The number of carbonyl (C=O) groups excluding carboxylic acids is 7. The standard InChI is InChI=1S/C43H54N6O9/c1-6-25(3)38(40(44)55)47-36(52)24-48(5)42(57)33(23-37(53)54)46-41(56)39(26(4)7-2)49-19-18-32(43(49)58)45-35(51)21-28-14-12-27(13-15-28)20-34(50)31-17-16-29-10-8-9-11-30(29)22-31/h8-17,22,25-26,32-33,38-39H,6-7,18-21,23-24H2,1-5H3,(H2,44,55)(H,45,51)(H,46,56)(H,47,52)(H,53,54)/t25?,26-,32?,33-,38?,39-/m0/s1. The van der Waals surface area contributed by atoms with Crippen molar-refractivity contribution in [1.29, 1.82) is 0 Å². The third-order valence-corrected chi connectivity index (χ3v) is 10.8. The minimum absolute atomic E-state index is 0.0245. The van der Waals surface area contributed by atoms with Crippen LogP contribution in [0, 0.1) is 11.8 Å². The molecule has 1 heterocycles. The number of carboxylic acids is 1. The van der Waals surface area contributed by atoms with Crippen LogP contribution in [0.2, 0.25) is 0 Å². The molecule has 310 valence electrons. The highest BCUT2D eigenvalue weighted by molar-refractivity contribution is 6.01. The summed E-state index contributed by atoms with van der Waals surface area (Å²) >= 11 is 0. The molecular formula is C43H54N6O9. The second-order valence-corrected chi connectivity index (χ2v) is 15.1. The smallest absolute Gasteiger partial charge is 0.305 e. The fourth-order valence-electron chi connectivity index (χ4n) is 7.04. The van der Waals surface area contributed by atoms with Gasteiger partial charge in [0.15, 0.2) is 5.78 Å². The monoisotopic (exact) mass is 798 g/mol. The predicted octanol–water partition coefficient (Wildman–Crippen LogP) is 2.37. The van der Waals surface area contributed by atoms with E-state index in [4.69, 9.17) is 5.73 Å². The lowest BCUT2D eigenvalue weighted by Gasteiger charge is -2.33. The van der Waals surface area contributed by atoms with Crippen molar-refractivity contribution in [2.24, 2.45) is 17.6 Å². The van der Waals surface area contributed by atoms with E-state index in [0.29, 0.717) is 24.0 Å². The normalized spacial score (nSPS) is 16.4. The first-order valence-electron chi connectivity index (χ1n) is 19.6. The van der Waals surface area contributed by atoms with E-state index in [0.717, 1.165) is 21.2 Å². The quantitative estimate of drug-likeness (QED) is 0.106. The molecule has 1 aliphatic rings. The molecule has 3 unspecified atom stereocenters. The Labute approximate surface area is 338 Å². The van der Waals surface area contributed by atoms with Crippen molar-refractivity contribution in [3.63, 3.8) is 0 Å². The van der Waals surface area contributed by atoms with Gasteiger partial charge in [0, 0.05) is 25.6 Å². The molecular weight excluding hydrogens is 745 g/mol. The van der Waals surface area contributed by atoms with Gasteiger partial charge in [0.05, 0.1) is 19.4 Å². The van der Waals surface area contributed by atoms with E-state index in [-0.39, 0.29) is 37.5 Å². The summed E-state index contributed by atoms with van der Waals surface area (Å²) in [6, 6.07) is 16.0. The molecule has 3 aromatic carbocycles. The molecule has 0 spiro atoms. The van der Waals surface area contributed by atoms with Crippen molar-refractivity contribution < 1.29 is 43.5 Å². The number of fused-ring (bicyclic) bond motifs is 1. The fraction of sp³-hybridized carbons (Fsp3) is 0.442. The number of benzene rings is 3. The van der Waals surface area contributed by atoms with Gasteiger partial charge in [0.2, 0.25) is 35.4 Å². The molecule has 1 fully saturated rings. The molecule has 1 aliphatic heterocycles. The van der Waals surface area contributed by atoms with Crippen molar-refractivity contribution in [2.75, 3.05) is 20.1 Å². The minimum Gasteiger partial charge on any atom is -0.481 e. The van der Waals surface area contributed by atoms with E-state index in [9.17, 15) is 43.5 Å². The third kappa shape index (κ3) is 11.7. The maximum absolute atomic E-state index is 13.8. The molecule has 4 rings (SSSR count). The maximum Gasteiger partial charge on any atom is 0.305 e. The second kappa shape index (κ2) is 20.3. The van der Waals surface area contributed by atoms with E-state index in [1.54, 1.807) is 38.1 Å². The van der Waals surface area contributed by atoms with E-state index >= 15 is 0 Å². The van der Waals surface area contributed by atoms with Crippen molar-refractivity contribution in [3.05, 3.63) is 83.4 Å². The zero-order valence-corrected chi connectivity index (χ0v) is 33.7. The number of nitrogens with one attached hydrogen (secondary N) is 3. The lowest BCUT2D eigenvalue weighted by atomic mass is 9.96. The number of nitrogens with two attached hydrogens (primary N) is 1. The van der Waals surface area contributed by atoms with Gasteiger partial charge in [-0.3, -0.25) is 38.4 Å². The zero-order chi connectivity index (χ0) is 42.7. The van der Waals surface area contributed by atoms with Crippen LogP contribution < -0.4 is 21.7 Å². The average molecular weight is 799 g/mol. The van der Waals surface area contributed by atoms with Crippen molar-refractivity contribution in [1.82, 2.24) is 25.8 Å². The molecule has 1 saturated heterocycles. The van der Waals surface area contributed by atoms with Crippen LogP contribution in [0.25, 0.3) is 10.8 Å². The number of likely N-dealkylation sites (tertiary alicyclic amines) is 1. The van der Waals surface area contributed by atoms with Gasteiger partial charge < -0.3 is 36.6 Å². The van der Waals surface area contributed by atoms with Gasteiger partial charge in [-0.1, -0.05) is 101 Å². The van der Waals surface area contributed by atoms with Crippen molar-refractivity contribution in [2.45, 2.75) is 90.4 Å². The number of carbonyl (C=O) groups is 8. The molecule has 0 saturated carbocycles. The number of hydrogen-bond donors (Lipinski definition) is 5. The molecule has 15 nitrogen and oxygen atoms in total. The molecule has 0 radical (unpaired) electrons. The van der Waals surface area contributed by atoms with E-state index in [1.807, 2.05) is 56.3 Å². The average Bonchev–Trinajstić information content (AvgIpc) is 3.53. The summed E-state index contributed by atoms with van der Waals surface area (Å²) in [4.78, 5) is 106. The number of primary amides is 1. The number of nitrogens with zero attached hydrogens (tertiary/aromatic N) is 2. The molecule has 0 aliphatic carbocycles. The molecule has 6 N–H and O–H groups in total. The molecule has 3 aromatic rings. The number of hydrogen-bond acceptors (Lipinski definition) is 8. The Hall–Kier alpha value is -6.12. The number of amides is 6. The highest BCUT2D eigenvalue weighted by Crippen LogP contribution is 2.23. The largest absolute Gasteiger partial charge is 0.481 e. The zero-order valence-electron chi connectivity index (χ0n) is 33.7. The number of ketones is 1. The Kier molecular flexibility index (Phi) is 15.6. The molecule has 0 bridgehead atoms. The predicted molar refractivity (Wildman–Crippen MR) is 216 cm³/mol. The SMILES string of the molecule is CCC(C)C(NC(=O)CN(C)C(=O)[C@H](CC(=O)O)NC(=O)[C@H]([C@@H](C)CC)N1CCC(NC(=O)Cc2ccc(CC(=O)c3ccc4ccccc4c3)cc2)C1=O)C(N)=O. The summed E-state index contributed by atoms with van der Waals surface area (Å²) in [6.45, 7) is 6.71. The highest BCUT2D eigenvalue weighted by Gasteiger charge is 2.43. The van der Waals surface area contributed by atoms with Crippen molar-refractivity contribution in [3.8, 4) is 0 Å². The van der Waals surface area contributed by atoms with Gasteiger partial charge in [0.25, 0.3) is 0 Å². The van der Waals surface area contributed by atoms with Gasteiger partial charge in [-0.05, 0) is 46.2 Å². The number of Topliss-reactive ketones (excluding diaryl/α,β-unsaturated/α-hetero) is 1. The highest BCUT2D eigenvalue weighted by atomic mass is 16.4. The molecule has 0 aromatic heterocycles. The van der Waals surface area contributed by atoms with Gasteiger partial charge in [-0.25, -0.2) is 0 Å². The lowest BCUT2D eigenvalue weighted by Crippen LogP contribution is -2.58. The molecule has 58 heavy (non-hydrogen) atoms. The van der Waals surface area contributed by atoms with E-state index in [1.165, 1.54) is 11.9 Å². The summed E-state index contributed by atoms with van der Waals surface area (Å²) in [5.41, 5.74) is 7.52. The second-order valence-electron chi connectivity index (χ2n) is 15.1. The number of carboxylic acid groups (broad SMARTS) is 1. The van der Waals surface area contributed by atoms with Crippen LogP contribution in [0.1, 0.15) is 74.9 Å². The summed E-state index contributed by atoms with van der Waals surface area (Å²) in [5, 5.41) is 19.4. The number of aliphatic carboxylic acids is 1. The molecule has 6 amide bonds. The summed E-state index contributed by atoms with van der Waals surface area (Å²) in [7, 11) is 1.26. The van der Waals surface area contributed by atoms with Crippen LogP contribution in [-0.2, 0) is 46.4 Å². The van der Waals surface area contributed by atoms with Gasteiger partial charge in [-0.2, -0.15) is 0 Å². The summed E-state index contributed by atoms with van der Waals surface area (Å²) < 4.78 is 0. The van der Waals surface area contributed by atoms with Crippen LogP contribution >= 0.6 is 0 Å².